The molecular formula is C12H20N2O5. The fraction of sp³-hybridized carbons (Fsp3) is 0.750. The Morgan fingerprint density at radius 3 is 1.89 bits per heavy atom. The van der Waals surface area contributed by atoms with Crippen molar-refractivity contribution in [3.05, 3.63) is 0 Å². The third-order valence-electron chi connectivity index (χ3n) is 4.28. The predicted octanol–water partition coefficient (Wildman–Crippen LogP) is 0.648. The molecule has 0 saturated heterocycles. The van der Waals surface area contributed by atoms with Crippen LogP contribution in [0.3, 0.4) is 0 Å². The van der Waals surface area contributed by atoms with Crippen molar-refractivity contribution in [2.24, 2.45) is 10.8 Å². The van der Waals surface area contributed by atoms with Gasteiger partial charge in [-0.25, -0.2) is 9.59 Å². The fourth-order valence-electron chi connectivity index (χ4n) is 2.26. The predicted molar refractivity (Wildman–Crippen MR) is 66.7 cm³/mol. The largest absolute Gasteiger partial charge is 0.481 e. The Morgan fingerprint density at radius 2 is 1.58 bits per heavy atom. The van der Waals surface area contributed by atoms with Crippen LogP contribution in [0.5, 0.6) is 0 Å². The number of hydrogen-bond donors (Lipinski definition) is 4. The van der Waals surface area contributed by atoms with Gasteiger partial charge >= 0.3 is 18.0 Å². The molecule has 1 fully saturated rings. The molecule has 4 N–H and O–H groups in total. The Hall–Kier alpha value is -1.79. The van der Waals surface area contributed by atoms with Gasteiger partial charge < -0.3 is 20.8 Å². The molecule has 108 valence electrons. The van der Waals surface area contributed by atoms with Crippen LogP contribution < -0.4 is 10.6 Å². The van der Waals surface area contributed by atoms with Crippen LogP contribution >= 0.6 is 0 Å². The molecule has 0 aliphatic heterocycles. The van der Waals surface area contributed by atoms with Crippen molar-refractivity contribution in [1.29, 1.82) is 0 Å². The van der Waals surface area contributed by atoms with Gasteiger partial charge in [-0.3, -0.25) is 4.79 Å². The molecule has 7 nitrogen and oxygen atoms in total. The van der Waals surface area contributed by atoms with E-state index in [1.54, 1.807) is 0 Å². The summed E-state index contributed by atoms with van der Waals surface area (Å²) in [4.78, 5) is 33.0. The molecule has 2 amide bonds. The topological polar surface area (TPSA) is 116 Å². The second kappa shape index (κ2) is 4.71. The number of amides is 2. The summed E-state index contributed by atoms with van der Waals surface area (Å²) < 4.78 is 0. The molecular weight excluding hydrogens is 252 g/mol. The van der Waals surface area contributed by atoms with E-state index in [-0.39, 0.29) is 16.9 Å². The number of carboxylic acids is 2. The van der Waals surface area contributed by atoms with Gasteiger partial charge in [-0.2, -0.15) is 0 Å². The van der Waals surface area contributed by atoms with Gasteiger partial charge in [0.05, 0.1) is 6.42 Å². The molecule has 1 aliphatic carbocycles. The van der Waals surface area contributed by atoms with Gasteiger partial charge in [-0.15, -0.1) is 0 Å². The highest BCUT2D eigenvalue weighted by atomic mass is 16.4. The summed E-state index contributed by atoms with van der Waals surface area (Å²) in [5.41, 5.74) is -0.147. The summed E-state index contributed by atoms with van der Waals surface area (Å²) in [6.45, 7) is 8.02. The molecule has 1 rings (SSSR count). The molecule has 0 aromatic carbocycles. The first-order chi connectivity index (χ1) is 8.50. The highest BCUT2D eigenvalue weighted by molar-refractivity contribution is 5.86. The molecule has 0 aromatic rings. The van der Waals surface area contributed by atoms with E-state index in [0.29, 0.717) is 0 Å². The van der Waals surface area contributed by atoms with E-state index >= 15 is 0 Å². The number of carboxylic acid groups (broad SMARTS) is 2. The Labute approximate surface area is 111 Å². The normalized spacial score (nSPS) is 21.3. The number of carbonyl (C=O) groups excluding carboxylic acids is 1. The average Bonchev–Trinajstić information content (AvgIpc) is 2.59. The minimum Gasteiger partial charge on any atom is -0.481 e. The number of nitrogens with one attached hydrogen (secondary N) is 2. The van der Waals surface area contributed by atoms with Crippen molar-refractivity contribution < 1.29 is 24.6 Å². The first-order valence-corrected chi connectivity index (χ1v) is 6.01. The second-order valence-corrected chi connectivity index (χ2v) is 5.98. The molecule has 19 heavy (non-hydrogen) atoms. The second-order valence-electron chi connectivity index (χ2n) is 5.98. The number of aliphatic carboxylic acids is 2. The van der Waals surface area contributed by atoms with Gasteiger partial charge in [0.2, 0.25) is 0 Å². The van der Waals surface area contributed by atoms with Gasteiger partial charge in [-0.05, 0) is 10.8 Å². The lowest BCUT2D eigenvalue weighted by Crippen LogP contribution is -2.48. The third kappa shape index (κ3) is 2.97. The average molecular weight is 272 g/mol. The molecule has 0 unspecified atom stereocenters. The van der Waals surface area contributed by atoms with Crippen LogP contribution in [0.25, 0.3) is 0 Å². The molecule has 1 aliphatic rings. The van der Waals surface area contributed by atoms with E-state index in [4.69, 9.17) is 10.2 Å². The zero-order valence-corrected chi connectivity index (χ0v) is 11.5. The Bertz CT molecular complexity index is 402. The van der Waals surface area contributed by atoms with Gasteiger partial charge in [-0.1, -0.05) is 27.7 Å². The number of urea groups is 1. The lowest BCUT2D eigenvalue weighted by Gasteiger charge is -2.14. The highest BCUT2D eigenvalue weighted by Crippen LogP contribution is 2.62. The zero-order chi connectivity index (χ0) is 15.0. The standard InChI is InChI=1S/C12H20N2O5/c1-11(2)9(12(11,3)4)14-10(19)13-6(8(17)18)5-7(15)16/h6,9H,5H2,1-4H3,(H,15,16)(H,17,18)(H2,13,14,19)/t6-/m0/s1. The van der Waals surface area contributed by atoms with Crippen molar-refractivity contribution in [3.8, 4) is 0 Å². The molecule has 0 aromatic heterocycles. The Balaban J connectivity index is 2.56. The molecule has 0 spiro atoms. The van der Waals surface area contributed by atoms with Crippen molar-refractivity contribution in [1.82, 2.24) is 10.6 Å². The van der Waals surface area contributed by atoms with E-state index in [2.05, 4.69) is 10.6 Å². The number of carbonyl (C=O) groups is 3. The van der Waals surface area contributed by atoms with Crippen LogP contribution in [0.15, 0.2) is 0 Å². The monoisotopic (exact) mass is 272 g/mol. The lowest BCUT2D eigenvalue weighted by molar-refractivity contribution is -0.145. The summed E-state index contributed by atoms with van der Waals surface area (Å²) >= 11 is 0. The van der Waals surface area contributed by atoms with E-state index < -0.39 is 30.4 Å². The minimum atomic E-state index is -1.43. The maximum absolute atomic E-state index is 11.7. The zero-order valence-electron chi connectivity index (χ0n) is 11.5. The Kier molecular flexibility index (Phi) is 3.79. The van der Waals surface area contributed by atoms with Gasteiger partial charge in [0.25, 0.3) is 0 Å². The van der Waals surface area contributed by atoms with E-state index in [1.807, 2.05) is 27.7 Å². The summed E-state index contributed by atoms with van der Waals surface area (Å²) in [7, 11) is 0. The van der Waals surface area contributed by atoms with Crippen LogP contribution in [0, 0.1) is 10.8 Å². The van der Waals surface area contributed by atoms with E-state index in [0.717, 1.165) is 0 Å². The molecule has 0 heterocycles. The van der Waals surface area contributed by atoms with Crippen LogP contribution in [-0.4, -0.2) is 40.3 Å². The summed E-state index contributed by atoms with van der Waals surface area (Å²) in [6.07, 6.45) is -0.653. The highest BCUT2D eigenvalue weighted by Gasteiger charge is 2.65. The molecule has 1 saturated carbocycles. The van der Waals surface area contributed by atoms with Crippen LogP contribution in [-0.2, 0) is 9.59 Å². The van der Waals surface area contributed by atoms with Crippen LogP contribution in [0.1, 0.15) is 34.1 Å². The molecule has 0 bridgehead atoms. The fourth-order valence-corrected chi connectivity index (χ4v) is 2.26. The molecule has 0 radical (unpaired) electrons. The maximum atomic E-state index is 11.7. The molecule has 7 heteroatoms. The van der Waals surface area contributed by atoms with E-state index in [9.17, 15) is 14.4 Å². The summed E-state index contributed by atoms with van der Waals surface area (Å²) in [5.74, 6) is -2.65. The lowest BCUT2D eigenvalue weighted by atomic mass is 10.0. The number of hydrogen-bond acceptors (Lipinski definition) is 3. The smallest absolute Gasteiger partial charge is 0.326 e. The molecule has 1 atom stereocenters. The maximum Gasteiger partial charge on any atom is 0.326 e. The minimum absolute atomic E-state index is 0.0701. The van der Waals surface area contributed by atoms with Crippen LogP contribution in [0.2, 0.25) is 0 Å². The van der Waals surface area contributed by atoms with Gasteiger partial charge in [0, 0.05) is 6.04 Å². The van der Waals surface area contributed by atoms with E-state index in [1.165, 1.54) is 0 Å². The summed E-state index contributed by atoms with van der Waals surface area (Å²) in [6, 6.07) is -2.15. The Morgan fingerprint density at radius 1 is 1.11 bits per heavy atom. The summed E-state index contributed by atoms with van der Waals surface area (Å²) in [5, 5.41) is 22.2. The van der Waals surface area contributed by atoms with Gasteiger partial charge in [0.1, 0.15) is 6.04 Å². The first-order valence-electron chi connectivity index (χ1n) is 6.01. The van der Waals surface area contributed by atoms with Crippen molar-refractivity contribution in [3.63, 3.8) is 0 Å². The van der Waals surface area contributed by atoms with Crippen molar-refractivity contribution >= 4 is 18.0 Å². The van der Waals surface area contributed by atoms with Crippen molar-refractivity contribution in [2.75, 3.05) is 0 Å². The number of rotatable bonds is 5. The van der Waals surface area contributed by atoms with Crippen LogP contribution in [0.4, 0.5) is 4.79 Å². The van der Waals surface area contributed by atoms with Gasteiger partial charge in [0.15, 0.2) is 0 Å². The first kappa shape index (κ1) is 15.3. The quantitative estimate of drug-likeness (QED) is 0.586. The van der Waals surface area contributed by atoms with Crippen molar-refractivity contribution in [2.45, 2.75) is 46.2 Å². The SMILES string of the molecule is CC1(C)C(NC(=O)N[C@@H](CC(=O)O)C(=O)O)C1(C)C. The third-order valence-corrected chi connectivity index (χ3v) is 4.28.